The summed E-state index contributed by atoms with van der Waals surface area (Å²) in [5.41, 5.74) is 2.03. The molecule has 0 radical (unpaired) electrons. The van der Waals surface area contributed by atoms with E-state index in [-0.39, 0.29) is 0 Å². The number of ether oxygens (including phenoxy) is 1. The topological polar surface area (TPSA) is 50.0 Å². The normalized spacial score (nSPS) is 15.6. The second-order valence-electron chi connectivity index (χ2n) is 7.64. The zero-order chi connectivity index (χ0) is 21.5. The fourth-order valence-corrected chi connectivity index (χ4v) is 4.04. The van der Waals surface area contributed by atoms with Crippen LogP contribution >= 0.6 is 0 Å². The zero-order valence-corrected chi connectivity index (χ0v) is 17.2. The van der Waals surface area contributed by atoms with Gasteiger partial charge in [0.2, 0.25) is 6.33 Å². The first-order chi connectivity index (χ1) is 14.3. The van der Waals surface area contributed by atoms with E-state index in [1.807, 2.05) is 18.3 Å². The maximum Gasteiger partial charge on any atom is 0.435 e. The van der Waals surface area contributed by atoms with E-state index >= 15 is 0 Å². The third-order valence-corrected chi connectivity index (χ3v) is 5.84. The van der Waals surface area contributed by atoms with E-state index in [4.69, 9.17) is 4.74 Å². The Labute approximate surface area is 172 Å². The summed E-state index contributed by atoms with van der Waals surface area (Å²) in [6, 6.07) is 8.05. The van der Waals surface area contributed by atoms with Gasteiger partial charge in [0.15, 0.2) is 5.69 Å². The summed E-state index contributed by atoms with van der Waals surface area (Å²) in [7, 11) is 3.52. The highest BCUT2D eigenvalue weighted by Crippen LogP contribution is 2.36. The van der Waals surface area contributed by atoms with Gasteiger partial charge in [-0.3, -0.25) is 0 Å². The van der Waals surface area contributed by atoms with Crippen molar-refractivity contribution in [3.8, 4) is 11.4 Å². The number of piperidine rings is 1. The van der Waals surface area contributed by atoms with Crippen LogP contribution in [0.1, 0.15) is 35.8 Å². The van der Waals surface area contributed by atoms with Crippen LogP contribution in [0.25, 0.3) is 5.69 Å². The number of imidazole rings is 1. The monoisotopic (exact) mass is 420 g/mol. The Kier molecular flexibility index (Phi) is 5.21. The van der Waals surface area contributed by atoms with Crippen LogP contribution in [-0.4, -0.2) is 35.0 Å². The lowest BCUT2D eigenvalue weighted by atomic mass is 9.92. The molecule has 1 aliphatic heterocycles. The summed E-state index contributed by atoms with van der Waals surface area (Å²) >= 11 is 0. The lowest BCUT2D eigenvalue weighted by Gasteiger charge is -2.32. The summed E-state index contributed by atoms with van der Waals surface area (Å²) < 4.78 is 48.9. The van der Waals surface area contributed by atoms with Gasteiger partial charge >= 0.3 is 6.18 Å². The maximum absolute atomic E-state index is 13.4. The van der Waals surface area contributed by atoms with Crippen molar-refractivity contribution < 1.29 is 22.5 Å². The second kappa shape index (κ2) is 7.70. The number of benzene rings is 1. The molecular weight excluding hydrogens is 395 g/mol. The smallest absolute Gasteiger partial charge is 0.435 e. The number of aromatic nitrogens is 4. The number of hydrogen-bond donors (Lipinski definition) is 1. The molecule has 30 heavy (non-hydrogen) atoms. The molecule has 1 saturated heterocycles. The van der Waals surface area contributed by atoms with Crippen LogP contribution < -0.4 is 14.2 Å². The van der Waals surface area contributed by atoms with Gasteiger partial charge in [-0.2, -0.15) is 18.3 Å². The van der Waals surface area contributed by atoms with Crippen LogP contribution in [0.5, 0.6) is 5.75 Å². The molecular formula is C21H25F3N5O+. The van der Waals surface area contributed by atoms with Crippen LogP contribution in [0, 0.1) is 6.92 Å². The van der Waals surface area contributed by atoms with Crippen molar-refractivity contribution in [2.24, 2.45) is 7.05 Å². The highest BCUT2D eigenvalue weighted by atomic mass is 19.4. The molecule has 1 aromatic carbocycles. The number of anilines is 1. The number of H-pyrrole nitrogens is 1. The minimum absolute atomic E-state index is 0.359. The van der Waals surface area contributed by atoms with Crippen LogP contribution in [-0.2, 0) is 13.2 Å². The van der Waals surface area contributed by atoms with Crippen molar-refractivity contribution in [1.29, 1.82) is 0 Å². The third kappa shape index (κ3) is 3.76. The average Bonchev–Trinajstić information content (AvgIpc) is 3.33. The van der Waals surface area contributed by atoms with Crippen LogP contribution in [0.3, 0.4) is 0 Å². The SMILES string of the molecule is COc1cccc(-n2nc(C(F)(F)F)cc2N2CCC(c3[nH]c[n+](C)c3C)CC2)c1. The van der Waals surface area contributed by atoms with Crippen molar-refractivity contribution in [2.45, 2.75) is 31.9 Å². The molecule has 0 unspecified atom stereocenters. The summed E-state index contributed by atoms with van der Waals surface area (Å²) in [5, 5.41) is 3.88. The lowest BCUT2D eigenvalue weighted by molar-refractivity contribution is -0.676. The molecule has 160 valence electrons. The van der Waals surface area contributed by atoms with E-state index in [0.29, 0.717) is 36.3 Å². The number of aromatic amines is 1. The zero-order valence-electron chi connectivity index (χ0n) is 17.2. The Morgan fingerprint density at radius 2 is 1.93 bits per heavy atom. The van der Waals surface area contributed by atoms with Crippen molar-refractivity contribution in [1.82, 2.24) is 14.8 Å². The van der Waals surface area contributed by atoms with Gasteiger partial charge in [0.05, 0.1) is 19.8 Å². The highest BCUT2D eigenvalue weighted by Gasteiger charge is 2.37. The predicted molar refractivity (Wildman–Crippen MR) is 106 cm³/mol. The number of halogens is 3. The number of hydrogen-bond acceptors (Lipinski definition) is 3. The van der Waals surface area contributed by atoms with E-state index in [9.17, 15) is 13.2 Å². The van der Waals surface area contributed by atoms with E-state index in [1.54, 1.807) is 24.3 Å². The van der Waals surface area contributed by atoms with Crippen molar-refractivity contribution >= 4 is 5.82 Å². The molecule has 0 saturated carbocycles. The fraction of sp³-hybridized carbons (Fsp3) is 0.429. The molecule has 0 spiro atoms. The first-order valence-electron chi connectivity index (χ1n) is 9.88. The van der Waals surface area contributed by atoms with E-state index in [2.05, 4.69) is 21.6 Å². The molecule has 1 aliphatic rings. The van der Waals surface area contributed by atoms with E-state index in [1.165, 1.54) is 23.2 Å². The molecule has 0 atom stereocenters. The molecule has 0 bridgehead atoms. The van der Waals surface area contributed by atoms with Crippen LogP contribution in [0.15, 0.2) is 36.7 Å². The minimum Gasteiger partial charge on any atom is -0.497 e. The Bertz CT molecular complexity index is 1030. The first-order valence-corrected chi connectivity index (χ1v) is 9.88. The summed E-state index contributed by atoms with van der Waals surface area (Å²) in [6.45, 7) is 3.38. The van der Waals surface area contributed by atoms with Gasteiger partial charge < -0.3 is 9.64 Å². The standard InChI is InChI=1S/C21H24F3N5O/c1-14-20(25-13-27(14)2)15-7-9-28(10-8-15)19-12-18(21(22,23)24)26-29(19)16-5-4-6-17(11-16)30-3/h4-6,11-13,15H,7-10H2,1-3H3/p+1. The Hall–Kier alpha value is -2.97. The molecule has 9 heteroatoms. The molecule has 2 aromatic heterocycles. The Morgan fingerprint density at radius 3 is 2.53 bits per heavy atom. The van der Waals surface area contributed by atoms with Gasteiger partial charge in [-0.25, -0.2) is 14.2 Å². The van der Waals surface area contributed by atoms with Gasteiger partial charge in [-0.05, 0) is 25.0 Å². The molecule has 3 heterocycles. The molecule has 1 N–H and O–H groups in total. The minimum atomic E-state index is -4.51. The number of nitrogens with zero attached hydrogens (tertiary/aromatic N) is 4. The van der Waals surface area contributed by atoms with Gasteiger partial charge in [0, 0.05) is 38.1 Å². The summed E-state index contributed by atoms with van der Waals surface area (Å²) in [6.07, 6.45) is -0.865. The van der Waals surface area contributed by atoms with E-state index in [0.717, 1.165) is 18.9 Å². The van der Waals surface area contributed by atoms with E-state index < -0.39 is 11.9 Å². The molecule has 6 nitrogen and oxygen atoms in total. The fourth-order valence-electron chi connectivity index (χ4n) is 4.04. The Morgan fingerprint density at radius 1 is 1.20 bits per heavy atom. The van der Waals surface area contributed by atoms with Gasteiger partial charge in [-0.15, -0.1) is 0 Å². The number of rotatable bonds is 4. The van der Waals surface area contributed by atoms with Gasteiger partial charge in [0.25, 0.3) is 0 Å². The number of alkyl halides is 3. The van der Waals surface area contributed by atoms with Crippen LogP contribution in [0.2, 0.25) is 0 Å². The Balaban J connectivity index is 1.63. The largest absolute Gasteiger partial charge is 0.497 e. The van der Waals surface area contributed by atoms with Crippen molar-refractivity contribution in [2.75, 3.05) is 25.1 Å². The summed E-state index contributed by atoms with van der Waals surface area (Å²) in [5.74, 6) is 1.37. The molecule has 1 fully saturated rings. The van der Waals surface area contributed by atoms with Crippen molar-refractivity contribution in [3.05, 3.63) is 53.7 Å². The molecule has 0 amide bonds. The predicted octanol–water partition coefficient (Wildman–Crippen LogP) is 3.74. The first kappa shape index (κ1) is 20.3. The van der Waals surface area contributed by atoms with Crippen molar-refractivity contribution in [3.63, 3.8) is 0 Å². The number of aryl methyl sites for hydroxylation is 1. The second-order valence-corrected chi connectivity index (χ2v) is 7.64. The molecule has 4 rings (SSSR count). The van der Waals surface area contributed by atoms with Gasteiger partial charge in [0.1, 0.15) is 23.0 Å². The molecule has 0 aliphatic carbocycles. The van der Waals surface area contributed by atoms with Gasteiger partial charge in [-0.1, -0.05) is 6.07 Å². The quantitative estimate of drug-likeness (QED) is 0.654. The molecule has 3 aromatic rings. The average molecular weight is 420 g/mol. The summed E-state index contributed by atoms with van der Waals surface area (Å²) in [4.78, 5) is 5.32. The van der Waals surface area contributed by atoms with Crippen LogP contribution in [0.4, 0.5) is 19.0 Å². The lowest BCUT2D eigenvalue weighted by Crippen LogP contribution is -2.35. The number of nitrogens with one attached hydrogen (secondary N) is 1. The highest BCUT2D eigenvalue weighted by molar-refractivity contribution is 5.51. The number of methoxy groups -OCH3 is 1. The maximum atomic E-state index is 13.4. The third-order valence-electron chi connectivity index (χ3n) is 5.84.